The maximum Gasteiger partial charge on any atom is 0.255 e. The van der Waals surface area contributed by atoms with Gasteiger partial charge in [0, 0.05) is 35.2 Å². The first-order chi connectivity index (χ1) is 18.0. The number of para-hydroxylation sites is 1. The number of aryl methyl sites for hydroxylation is 1. The molecule has 3 atom stereocenters. The molecular formula is C31H31N3O3. The van der Waals surface area contributed by atoms with Gasteiger partial charge in [0.25, 0.3) is 5.91 Å². The molecule has 2 aliphatic heterocycles. The maximum absolute atomic E-state index is 13.8. The fraction of sp³-hybridized carbons (Fsp3) is 0.290. The van der Waals surface area contributed by atoms with Crippen molar-refractivity contribution >= 4 is 22.7 Å². The van der Waals surface area contributed by atoms with Gasteiger partial charge >= 0.3 is 0 Å². The van der Waals surface area contributed by atoms with Crippen LogP contribution in [0.3, 0.4) is 0 Å². The van der Waals surface area contributed by atoms with Crippen LogP contribution in [-0.2, 0) is 9.53 Å². The summed E-state index contributed by atoms with van der Waals surface area (Å²) in [6, 6.07) is 23.2. The molecule has 1 saturated heterocycles. The monoisotopic (exact) mass is 493 g/mol. The lowest BCUT2D eigenvalue weighted by Gasteiger charge is -2.31. The van der Waals surface area contributed by atoms with Gasteiger partial charge in [-0.15, -0.1) is 0 Å². The van der Waals surface area contributed by atoms with Gasteiger partial charge in [0.2, 0.25) is 5.91 Å². The Morgan fingerprint density at radius 3 is 2.62 bits per heavy atom. The number of amides is 2. The molecule has 0 spiro atoms. The summed E-state index contributed by atoms with van der Waals surface area (Å²) >= 11 is 0. The number of aromatic nitrogens is 1. The molecule has 3 aromatic carbocycles. The fourth-order valence-electron chi connectivity index (χ4n) is 5.72. The normalized spacial score (nSPS) is 19.8. The molecule has 6 rings (SSSR count). The van der Waals surface area contributed by atoms with E-state index in [4.69, 9.17) is 4.74 Å². The van der Waals surface area contributed by atoms with E-state index in [1.807, 2.05) is 43.3 Å². The smallest absolute Gasteiger partial charge is 0.255 e. The van der Waals surface area contributed by atoms with Gasteiger partial charge in [-0.05, 0) is 49.9 Å². The lowest BCUT2D eigenvalue weighted by atomic mass is 9.92. The maximum atomic E-state index is 13.8. The molecule has 0 radical (unpaired) electrons. The summed E-state index contributed by atoms with van der Waals surface area (Å²) in [5.74, 6) is -0.293. The molecule has 0 aliphatic carbocycles. The molecule has 37 heavy (non-hydrogen) atoms. The lowest BCUT2D eigenvalue weighted by Crippen LogP contribution is -2.48. The molecule has 2 N–H and O–H groups in total. The van der Waals surface area contributed by atoms with Crippen molar-refractivity contribution in [3.8, 4) is 11.3 Å². The highest BCUT2D eigenvalue weighted by atomic mass is 16.5. The van der Waals surface area contributed by atoms with Crippen LogP contribution in [0, 0.1) is 6.92 Å². The second-order valence-corrected chi connectivity index (χ2v) is 10.1. The minimum absolute atomic E-state index is 0.0418. The number of carbonyl (C=O) groups excluding carboxylic acids is 2. The van der Waals surface area contributed by atoms with E-state index in [1.165, 1.54) is 5.56 Å². The van der Waals surface area contributed by atoms with Crippen molar-refractivity contribution in [2.75, 3.05) is 13.2 Å². The highest BCUT2D eigenvalue weighted by Crippen LogP contribution is 2.46. The number of nitrogens with one attached hydrogen (secondary N) is 2. The average Bonchev–Trinajstić information content (AvgIpc) is 3.64. The van der Waals surface area contributed by atoms with Crippen molar-refractivity contribution in [1.29, 1.82) is 0 Å². The van der Waals surface area contributed by atoms with Gasteiger partial charge < -0.3 is 19.9 Å². The first-order valence-electron chi connectivity index (χ1n) is 13.0. The number of benzene rings is 3. The van der Waals surface area contributed by atoms with E-state index in [-0.39, 0.29) is 17.9 Å². The minimum Gasteiger partial charge on any atom is -0.376 e. The van der Waals surface area contributed by atoms with E-state index in [0.717, 1.165) is 52.7 Å². The molecule has 2 amide bonds. The number of ether oxygens (including phenoxy) is 1. The number of rotatable bonds is 6. The molecule has 2 aliphatic rings. The summed E-state index contributed by atoms with van der Waals surface area (Å²) in [6.07, 6.45) is 2.00. The third-order valence-electron chi connectivity index (χ3n) is 7.68. The molecule has 3 heterocycles. The van der Waals surface area contributed by atoms with Crippen LogP contribution < -0.4 is 5.32 Å². The molecule has 1 fully saturated rings. The Labute approximate surface area is 216 Å². The van der Waals surface area contributed by atoms with Gasteiger partial charge in [0.1, 0.15) is 6.04 Å². The summed E-state index contributed by atoms with van der Waals surface area (Å²) in [5.41, 5.74) is 6.77. The average molecular weight is 494 g/mol. The first-order valence-corrected chi connectivity index (χ1v) is 13.0. The third kappa shape index (κ3) is 4.11. The van der Waals surface area contributed by atoms with Crippen LogP contribution in [0.4, 0.5) is 0 Å². The molecule has 4 aromatic rings. The Kier molecular flexibility index (Phi) is 6.05. The molecular weight excluding hydrogens is 462 g/mol. The number of nitrogens with zero attached hydrogens (tertiary/aromatic N) is 1. The Bertz CT molecular complexity index is 1470. The Morgan fingerprint density at radius 1 is 1.08 bits per heavy atom. The summed E-state index contributed by atoms with van der Waals surface area (Å²) in [7, 11) is 0. The van der Waals surface area contributed by atoms with Crippen LogP contribution >= 0.6 is 0 Å². The van der Waals surface area contributed by atoms with Gasteiger partial charge in [-0.25, -0.2) is 0 Å². The molecule has 6 heteroatoms. The zero-order chi connectivity index (χ0) is 25.5. The second-order valence-electron chi connectivity index (χ2n) is 10.1. The first kappa shape index (κ1) is 23.5. The van der Waals surface area contributed by atoms with Crippen molar-refractivity contribution in [2.45, 2.75) is 44.9 Å². The number of aromatic amines is 1. The predicted octanol–water partition coefficient (Wildman–Crippen LogP) is 5.37. The fourth-order valence-corrected chi connectivity index (χ4v) is 5.72. The minimum atomic E-state index is -0.661. The third-order valence-corrected chi connectivity index (χ3v) is 7.68. The van der Waals surface area contributed by atoms with Crippen LogP contribution in [0.1, 0.15) is 52.9 Å². The zero-order valence-electron chi connectivity index (χ0n) is 21.2. The Hall–Kier alpha value is -3.90. The highest BCUT2D eigenvalue weighted by molar-refractivity contribution is 6.04. The van der Waals surface area contributed by atoms with E-state index < -0.39 is 12.1 Å². The van der Waals surface area contributed by atoms with Gasteiger partial charge in [-0.1, -0.05) is 66.2 Å². The van der Waals surface area contributed by atoms with Gasteiger partial charge in [0.05, 0.1) is 17.8 Å². The molecule has 0 bridgehead atoms. The number of hydrogen-bond donors (Lipinski definition) is 2. The summed E-state index contributed by atoms with van der Waals surface area (Å²) < 4.78 is 5.68. The largest absolute Gasteiger partial charge is 0.376 e. The highest BCUT2D eigenvalue weighted by Gasteiger charge is 2.44. The number of H-pyrrole nitrogens is 1. The van der Waals surface area contributed by atoms with Crippen molar-refractivity contribution in [3.05, 3.63) is 95.1 Å². The van der Waals surface area contributed by atoms with E-state index >= 15 is 0 Å². The van der Waals surface area contributed by atoms with Crippen LogP contribution in [0.15, 0.2) is 72.8 Å². The quantitative estimate of drug-likeness (QED) is 0.379. The zero-order valence-corrected chi connectivity index (χ0v) is 21.2. The Balaban J connectivity index is 1.46. The number of hydrogen-bond acceptors (Lipinski definition) is 3. The van der Waals surface area contributed by atoms with E-state index in [0.29, 0.717) is 12.1 Å². The molecule has 6 nitrogen and oxygen atoms in total. The summed E-state index contributed by atoms with van der Waals surface area (Å²) in [5, 5.41) is 4.08. The van der Waals surface area contributed by atoms with Gasteiger partial charge in [0.15, 0.2) is 0 Å². The topological polar surface area (TPSA) is 74.4 Å². The summed E-state index contributed by atoms with van der Waals surface area (Å²) in [4.78, 5) is 32.6. The van der Waals surface area contributed by atoms with E-state index in [9.17, 15) is 9.59 Å². The van der Waals surface area contributed by atoms with Gasteiger partial charge in [-0.3, -0.25) is 9.59 Å². The van der Waals surface area contributed by atoms with Crippen LogP contribution in [0.5, 0.6) is 0 Å². The van der Waals surface area contributed by atoms with Crippen molar-refractivity contribution in [3.63, 3.8) is 0 Å². The summed E-state index contributed by atoms with van der Waals surface area (Å²) in [6.45, 7) is 5.09. The van der Waals surface area contributed by atoms with Crippen LogP contribution in [0.25, 0.3) is 22.2 Å². The van der Waals surface area contributed by atoms with Crippen molar-refractivity contribution in [2.24, 2.45) is 0 Å². The lowest BCUT2D eigenvalue weighted by molar-refractivity contribution is -0.126. The number of carbonyl (C=O) groups is 2. The van der Waals surface area contributed by atoms with Gasteiger partial charge in [-0.2, -0.15) is 0 Å². The van der Waals surface area contributed by atoms with Crippen molar-refractivity contribution in [1.82, 2.24) is 15.2 Å². The molecule has 1 aromatic heterocycles. The van der Waals surface area contributed by atoms with Crippen molar-refractivity contribution < 1.29 is 14.3 Å². The van der Waals surface area contributed by atoms with Crippen LogP contribution in [-0.4, -0.2) is 47.0 Å². The second kappa shape index (κ2) is 9.52. The SMILES string of the molecule is Cc1ccc(-c2[nH]c3ccccc3c2C2c3ccccc3C(=O)N2C(C)C(=O)NCC2CCCO2)cc1. The number of fused-ring (bicyclic) bond motifs is 2. The molecule has 0 saturated carbocycles. The molecule has 188 valence electrons. The Morgan fingerprint density at radius 2 is 1.84 bits per heavy atom. The molecule has 3 unspecified atom stereocenters. The van der Waals surface area contributed by atoms with E-state index in [1.54, 1.807) is 4.90 Å². The predicted molar refractivity (Wildman–Crippen MR) is 144 cm³/mol. The van der Waals surface area contributed by atoms with Crippen LogP contribution in [0.2, 0.25) is 0 Å². The van der Waals surface area contributed by atoms with E-state index in [2.05, 4.69) is 53.6 Å². The standard InChI is InChI=1S/C31H31N3O3/c1-19-13-15-21(16-14-19)28-27(25-11-5-6-12-26(25)33-28)29-23-9-3-4-10-24(23)31(36)34(29)20(2)30(35)32-18-22-8-7-17-37-22/h3-6,9-16,20,22,29,33H,7-8,17-18H2,1-2H3,(H,32,35).